The van der Waals surface area contributed by atoms with Crippen LogP contribution in [0.1, 0.15) is 42.3 Å². The van der Waals surface area contributed by atoms with E-state index < -0.39 is 22.8 Å². The minimum Gasteiger partial charge on any atom is -0.466 e. The van der Waals surface area contributed by atoms with Crippen LogP contribution in [0.3, 0.4) is 0 Å². The minimum atomic E-state index is -0.873. The summed E-state index contributed by atoms with van der Waals surface area (Å²) >= 11 is 0. The Balaban J connectivity index is 1.96. The highest BCUT2D eigenvalue weighted by Crippen LogP contribution is 2.40. The fourth-order valence-corrected chi connectivity index (χ4v) is 4.17. The summed E-state index contributed by atoms with van der Waals surface area (Å²) in [5.41, 5.74) is 4.80. The van der Waals surface area contributed by atoms with Crippen molar-refractivity contribution < 1.29 is 24.0 Å². The Labute approximate surface area is 191 Å². The van der Waals surface area contributed by atoms with Crippen molar-refractivity contribution >= 4 is 17.6 Å². The van der Waals surface area contributed by atoms with Gasteiger partial charge in [-0.2, -0.15) is 0 Å². The summed E-state index contributed by atoms with van der Waals surface area (Å²) in [7, 11) is 1.25. The SMILES string of the molecule is COC(=O)C1=C(C)NC(C)=C(C(=O)OCCc2cc(C)[nH]c2C)C1c1cccc([N+](=O)[O-])c1. The number of nitro benzene ring substituents is 1. The van der Waals surface area contributed by atoms with Crippen molar-refractivity contribution in [2.45, 2.75) is 40.0 Å². The van der Waals surface area contributed by atoms with Gasteiger partial charge in [-0.3, -0.25) is 10.1 Å². The summed E-state index contributed by atoms with van der Waals surface area (Å²) in [6.45, 7) is 7.45. The van der Waals surface area contributed by atoms with Crippen LogP contribution in [-0.4, -0.2) is 35.6 Å². The average molecular weight is 453 g/mol. The maximum Gasteiger partial charge on any atom is 0.336 e. The molecule has 9 heteroatoms. The molecule has 174 valence electrons. The molecular weight excluding hydrogens is 426 g/mol. The number of aromatic amines is 1. The summed E-state index contributed by atoms with van der Waals surface area (Å²) in [4.78, 5) is 39.9. The maximum atomic E-state index is 13.2. The molecular formula is C24H27N3O6. The standard InChI is InChI=1S/C24H27N3O6/c1-13-11-17(14(2)25-13)9-10-33-24(29)21-16(4)26-15(3)20(23(28)32-5)22(21)18-7-6-8-19(12-18)27(30)31/h6-8,11-12,22,25-26H,9-10H2,1-5H3. The molecule has 0 saturated heterocycles. The highest BCUT2D eigenvalue weighted by Gasteiger charge is 2.38. The average Bonchev–Trinajstić information content (AvgIpc) is 3.09. The van der Waals surface area contributed by atoms with E-state index in [9.17, 15) is 19.7 Å². The van der Waals surface area contributed by atoms with Crippen LogP contribution in [0.25, 0.3) is 0 Å². The van der Waals surface area contributed by atoms with Crippen LogP contribution < -0.4 is 5.32 Å². The molecule has 0 bridgehead atoms. The Hall–Kier alpha value is -3.88. The van der Waals surface area contributed by atoms with E-state index in [4.69, 9.17) is 9.47 Å². The summed E-state index contributed by atoms with van der Waals surface area (Å²) in [6, 6.07) is 7.89. The summed E-state index contributed by atoms with van der Waals surface area (Å²) in [5, 5.41) is 14.4. The van der Waals surface area contributed by atoms with Gasteiger partial charge in [0.05, 0.1) is 35.7 Å². The number of hydrogen-bond donors (Lipinski definition) is 2. The number of carbonyl (C=O) groups excluding carboxylic acids is 2. The first-order valence-corrected chi connectivity index (χ1v) is 10.5. The molecule has 1 aromatic heterocycles. The lowest BCUT2D eigenvalue weighted by atomic mass is 9.80. The molecule has 0 fully saturated rings. The van der Waals surface area contributed by atoms with Crippen molar-refractivity contribution in [2.75, 3.05) is 13.7 Å². The largest absolute Gasteiger partial charge is 0.466 e. The molecule has 0 amide bonds. The maximum absolute atomic E-state index is 13.2. The molecule has 1 aliphatic heterocycles. The van der Waals surface area contributed by atoms with Crippen molar-refractivity contribution in [1.82, 2.24) is 10.3 Å². The number of hydrogen-bond acceptors (Lipinski definition) is 7. The summed E-state index contributed by atoms with van der Waals surface area (Å²) < 4.78 is 10.5. The van der Waals surface area contributed by atoms with Gasteiger partial charge in [-0.1, -0.05) is 12.1 Å². The van der Waals surface area contributed by atoms with Gasteiger partial charge < -0.3 is 19.8 Å². The van der Waals surface area contributed by atoms with Crippen LogP contribution in [0.2, 0.25) is 0 Å². The van der Waals surface area contributed by atoms with Gasteiger partial charge >= 0.3 is 11.9 Å². The smallest absolute Gasteiger partial charge is 0.336 e. The third-order valence-electron chi connectivity index (χ3n) is 5.66. The number of benzene rings is 1. The molecule has 0 spiro atoms. The topological polar surface area (TPSA) is 124 Å². The highest BCUT2D eigenvalue weighted by atomic mass is 16.6. The summed E-state index contributed by atoms with van der Waals surface area (Å²) in [6.07, 6.45) is 0.530. The number of H-pyrrole nitrogens is 1. The molecule has 0 aliphatic carbocycles. The number of nitro groups is 1. The number of ether oxygens (including phenoxy) is 2. The number of nitrogens with zero attached hydrogens (tertiary/aromatic N) is 1. The third kappa shape index (κ3) is 4.97. The van der Waals surface area contributed by atoms with E-state index in [0.29, 0.717) is 23.4 Å². The predicted octanol–water partition coefficient (Wildman–Crippen LogP) is 3.73. The summed E-state index contributed by atoms with van der Waals surface area (Å²) in [5.74, 6) is -2.11. The molecule has 2 N–H and O–H groups in total. The first-order chi connectivity index (χ1) is 15.6. The number of aromatic nitrogens is 1. The van der Waals surface area contributed by atoms with E-state index in [1.165, 1.54) is 25.3 Å². The fraction of sp³-hybridized carbons (Fsp3) is 0.333. The highest BCUT2D eigenvalue weighted by molar-refractivity contribution is 5.99. The lowest BCUT2D eigenvalue weighted by molar-refractivity contribution is -0.384. The molecule has 2 heterocycles. The van der Waals surface area contributed by atoms with Crippen LogP contribution in [0.5, 0.6) is 0 Å². The zero-order valence-electron chi connectivity index (χ0n) is 19.3. The molecule has 3 rings (SSSR count). The van der Waals surface area contributed by atoms with Crippen LogP contribution in [0, 0.1) is 24.0 Å². The Kier molecular flexibility index (Phi) is 7.01. The monoisotopic (exact) mass is 453 g/mol. The van der Waals surface area contributed by atoms with Gasteiger partial charge in [0, 0.05) is 41.3 Å². The Morgan fingerprint density at radius 1 is 1.06 bits per heavy atom. The third-order valence-corrected chi connectivity index (χ3v) is 5.66. The van der Waals surface area contributed by atoms with Crippen LogP contribution in [0.15, 0.2) is 52.9 Å². The zero-order valence-corrected chi connectivity index (χ0v) is 19.3. The second-order valence-electron chi connectivity index (χ2n) is 7.97. The van der Waals surface area contributed by atoms with Crippen molar-refractivity contribution in [3.8, 4) is 0 Å². The Bertz CT molecular complexity index is 1170. The molecule has 2 aromatic rings. The lowest BCUT2D eigenvalue weighted by Crippen LogP contribution is -2.32. The normalized spacial score (nSPS) is 15.8. The van der Waals surface area contributed by atoms with Gasteiger partial charge in [0.15, 0.2) is 0 Å². The van der Waals surface area contributed by atoms with E-state index in [1.807, 2.05) is 19.9 Å². The molecule has 1 aromatic carbocycles. The van der Waals surface area contributed by atoms with E-state index >= 15 is 0 Å². The number of nitrogens with one attached hydrogen (secondary N) is 2. The van der Waals surface area contributed by atoms with Gasteiger partial charge in [-0.05, 0) is 44.9 Å². The molecule has 0 radical (unpaired) electrons. The molecule has 9 nitrogen and oxygen atoms in total. The van der Waals surface area contributed by atoms with Gasteiger partial charge in [0.2, 0.25) is 0 Å². The Morgan fingerprint density at radius 3 is 2.30 bits per heavy atom. The number of rotatable bonds is 7. The first-order valence-electron chi connectivity index (χ1n) is 10.5. The zero-order chi connectivity index (χ0) is 24.3. The van der Waals surface area contributed by atoms with Gasteiger partial charge in [-0.15, -0.1) is 0 Å². The van der Waals surface area contributed by atoms with Crippen molar-refractivity contribution in [2.24, 2.45) is 0 Å². The van der Waals surface area contributed by atoms with Crippen molar-refractivity contribution in [1.29, 1.82) is 0 Å². The molecule has 1 aliphatic rings. The molecule has 33 heavy (non-hydrogen) atoms. The second kappa shape index (κ2) is 9.72. The van der Waals surface area contributed by atoms with Crippen molar-refractivity contribution in [3.63, 3.8) is 0 Å². The van der Waals surface area contributed by atoms with Gasteiger partial charge in [0.1, 0.15) is 0 Å². The number of carbonyl (C=O) groups is 2. The number of esters is 2. The molecule has 0 saturated carbocycles. The number of aryl methyl sites for hydroxylation is 2. The van der Waals surface area contributed by atoms with Gasteiger partial charge in [0.25, 0.3) is 5.69 Å². The van der Waals surface area contributed by atoms with Crippen molar-refractivity contribution in [3.05, 3.63) is 85.5 Å². The number of dihydropyridines is 1. The number of allylic oxidation sites excluding steroid dienone is 2. The van der Waals surface area contributed by atoms with Crippen LogP contribution in [-0.2, 0) is 25.5 Å². The van der Waals surface area contributed by atoms with E-state index in [2.05, 4.69) is 10.3 Å². The van der Waals surface area contributed by atoms with E-state index in [-0.39, 0.29) is 23.4 Å². The lowest BCUT2D eigenvalue weighted by Gasteiger charge is -2.30. The van der Waals surface area contributed by atoms with Crippen LogP contribution in [0.4, 0.5) is 5.69 Å². The predicted molar refractivity (Wildman–Crippen MR) is 121 cm³/mol. The molecule has 1 unspecified atom stereocenters. The first kappa shape index (κ1) is 23.8. The molecule has 1 atom stereocenters. The quantitative estimate of drug-likeness (QED) is 0.372. The Morgan fingerprint density at radius 2 is 1.73 bits per heavy atom. The van der Waals surface area contributed by atoms with E-state index in [1.54, 1.807) is 19.9 Å². The second-order valence-corrected chi connectivity index (χ2v) is 7.97. The van der Waals surface area contributed by atoms with E-state index in [0.717, 1.165) is 17.0 Å². The fourth-order valence-electron chi connectivity index (χ4n) is 4.17. The minimum absolute atomic E-state index is 0.142. The van der Waals surface area contributed by atoms with Gasteiger partial charge in [-0.25, -0.2) is 9.59 Å². The number of methoxy groups -OCH3 is 1. The van der Waals surface area contributed by atoms with Crippen LogP contribution >= 0.6 is 0 Å². The number of non-ortho nitro benzene ring substituents is 1.